The van der Waals surface area contributed by atoms with Crippen LogP contribution in [0.1, 0.15) is 24.8 Å². The third kappa shape index (κ3) is 6.09. The zero-order valence-corrected chi connectivity index (χ0v) is 17.6. The molecule has 33 heavy (non-hydrogen) atoms. The Labute approximate surface area is 188 Å². The molecule has 1 heterocycles. The molecule has 1 aromatic heterocycles. The van der Waals surface area contributed by atoms with Crippen LogP contribution < -0.4 is 16.4 Å². The van der Waals surface area contributed by atoms with Gasteiger partial charge in [-0.1, -0.05) is 24.3 Å². The predicted octanol–water partition coefficient (Wildman–Crippen LogP) is 5.56. The maximum Gasteiger partial charge on any atom is 0.418 e. The minimum Gasteiger partial charge on any atom is -0.369 e. The van der Waals surface area contributed by atoms with Crippen molar-refractivity contribution in [1.82, 2.24) is 4.98 Å². The molecule has 0 unspecified atom stereocenters. The second-order valence-electron chi connectivity index (χ2n) is 7.84. The standard InChI is InChI=1S/C24H22F3N5O/c25-24(26,27)19-3-1-2-4-20(19)31-23(28)32-21-12-9-17(14-29-21)16-7-10-18(11-8-16)30-22(33)13-15-5-6-15/h1-4,7-12,14-15H,5-6,13H2,(H,30,33)(H3,28,29,31,32). The maximum absolute atomic E-state index is 13.1. The molecule has 1 aliphatic carbocycles. The number of aliphatic imine (C=N–C) groups is 1. The van der Waals surface area contributed by atoms with Gasteiger partial charge in [0.05, 0.1) is 11.3 Å². The second kappa shape index (κ2) is 9.32. The van der Waals surface area contributed by atoms with E-state index < -0.39 is 11.7 Å². The van der Waals surface area contributed by atoms with Gasteiger partial charge in [-0.2, -0.15) is 18.2 Å². The normalized spacial score (nSPS) is 14.1. The van der Waals surface area contributed by atoms with Gasteiger partial charge in [-0.3, -0.25) is 4.79 Å². The van der Waals surface area contributed by atoms with Gasteiger partial charge in [0.1, 0.15) is 0 Å². The molecule has 4 N–H and O–H groups in total. The van der Waals surface area contributed by atoms with Crippen molar-refractivity contribution in [3.8, 4) is 11.1 Å². The highest BCUT2D eigenvalue weighted by atomic mass is 19.4. The van der Waals surface area contributed by atoms with Crippen molar-refractivity contribution in [2.24, 2.45) is 16.6 Å². The number of pyridine rings is 1. The van der Waals surface area contributed by atoms with Crippen molar-refractivity contribution in [2.45, 2.75) is 25.4 Å². The number of rotatable bonds is 6. The van der Waals surface area contributed by atoms with Gasteiger partial charge in [-0.25, -0.2) is 4.98 Å². The van der Waals surface area contributed by atoms with Crippen LogP contribution in [0.3, 0.4) is 0 Å². The Bertz CT molecular complexity index is 1150. The summed E-state index contributed by atoms with van der Waals surface area (Å²) in [5.74, 6) is 0.591. The summed E-state index contributed by atoms with van der Waals surface area (Å²) in [6, 6.07) is 15.8. The first-order chi connectivity index (χ1) is 15.8. The molecule has 1 amide bonds. The topological polar surface area (TPSA) is 92.4 Å². The van der Waals surface area contributed by atoms with Crippen LogP contribution in [0, 0.1) is 5.92 Å². The lowest BCUT2D eigenvalue weighted by atomic mass is 10.1. The molecule has 170 valence electrons. The number of nitrogens with one attached hydrogen (secondary N) is 2. The molecule has 9 heteroatoms. The van der Waals surface area contributed by atoms with Crippen LogP contribution in [0.5, 0.6) is 0 Å². The molecule has 1 saturated carbocycles. The Morgan fingerprint density at radius 2 is 1.70 bits per heavy atom. The number of carbonyl (C=O) groups is 1. The highest BCUT2D eigenvalue weighted by Gasteiger charge is 2.33. The first-order valence-electron chi connectivity index (χ1n) is 10.4. The number of carbonyl (C=O) groups excluding carboxylic acids is 1. The largest absolute Gasteiger partial charge is 0.418 e. The Kier molecular flexibility index (Phi) is 6.30. The lowest BCUT2D eigenvalue weighted by Crippen LogP contribution is -2.24. The summed E-state index contributed by atoms with van der Waals surface area (Å²) in [7, 11) is 0. The molecule has 6 nitrogen and oxygen atoms in total. The Morgan fingerprint density at radius 3 is 2.33 bits per heavy atom. The fourth-order valence-electron chi connectivity index (χ4n) is 3.29. The van der Waals surface area contributed by atoms with Crippen molar-refractivity contribution in [3.05, 3.63) is 72.4 Å². The molecule has 0 atom stereocenters. The number of guanidine groups is 1. The summed E-state index contributed by atoms with van der Waals surface area (Å²) in [5.41, 5.74) is 7.21. The number of aromatic nitrogens is 1. The van der Waals surface area contributed by atoms with Gasteiger partial charge in [0.2, 0.25) is 5.91 Å². The zero-order valence-electron chi connectivity index (χ0n) is 17.6. The number of amides is 1. The minimum atomic E-state index is -4.51. The second-order valence-corrected chi connectivity index (χ2v) is 7.84. The van der Waals surface area contributed by atoms with Crippen molar-refractivity contribution in [3.63, 3.8) is 0 Å². The van der Waals surface area contributed by atoms with Crippen LogP contribution >= 0.6 is 0 Å². The predicted molar refractivity (Wildman–Crippen MR) is 122 cm³/mol. The van der Waals surface area contributed by atoms with E-state index in [-0.39, 0.29) is 23.4 Å². The van der Waals surface area contributed by atoms with E-state index in [0.717, 1.165) is 35.7 Å². The van der Waals surface area contributed by atoms with E-state index in [9.17, 15) is 18.0 Å². The lowest BCUT2D eigenvalue weighted by molar-refractivity contribution is -0.136. The first kappa shape index (κ1) is 22.3. The number of anilines is 2. The summed E-state index contributed by atoms with van der Waals surface area (Å²) in [4.78, 5) is 20.2. The van der Waals surface area contributed by atoms with Crippen molar-refractivity contribution < 1.29 is 18.0 Å². The first-order valence-corrected chi connectivity index (χ1v) is 10.4. The van der Waals surface area contributed by atoms with Gasteiger partial charge in [0.15, 0.2) is 11.8 Å². The minimum absolute atomic E-state index is 0.0261. The maximum atomic E-state index is 13.1. The summed E-state index contributed by atoms with van der Waals surface area (Å²) < 4.78 is 39.4. The summed E-state index contributed by atoms with van der Waals surface area (Å²) in [6.07, 6.45) is -0.104. The van der Waals surface area contributed by atoms with Crippen LogP contribution in [0.2, 0.25) is 0 Å². The molecule has 0 saturated heterocycles. The van der Waals surface area contributed by atoms with Gasteiger partial charge in [-0.05, 0) is 60.7 Å². The highest BCUT2D eigenvalue weighted by Crippen LogP contribution is 2.34. The quantitative estimate of drug-likeness (QED) is 0.336. The molecule has 1 aliphatic rings. The van der Waals surface area contributed by atoms with Crippen molar-refractivity contribution >= 4 is 29.1 Å². The zero-order chi connectivity index (χ0) is 23.4. The van der Waals surface area contributed by atoms with E-state index in [0.29, 0.717) is 12.3 Å². The van der Waals surface area contributed by atoms with E-state index in [1.165, 1.54) is 18.2 Å². The van der Waals surface area contributed by atoms with Crippen LogP contribution in [0.15, 0.2) is 71.9 Å². The molecular formula is C24H22F3N5O. The lowest BCUT2D eigenvalue weighted by Gasteiger charge is -2.13. The molecule has 0 spiro atoms. The molecule has 0 bridgehead atoms. The van der Waals surface area contributed by atoms with E-state index in [4.69, 9.17) is 5.73 Å². The van der Waals surface area contributed by atoms with Crippen molar-refractivity contribution in [1.29, 1.82) is 0 Å². The Hall–Kier alpha value is -3.88. The van der Waals surface area contributed by atoms with Gasteiger partial charge in [0, 0.05) is 23.9 Å². The van der Waals surface area contributed by atoms with Crippen LogP contribution in [0.4, 0.5) is 30.4 Å². The molecular weight excluding hydrogens is 431 g/mol. The molecule has 2 aromatic carbocycles. The molecule has 4 rings (SSSR count). The van der Waals surface area contributed by atoms with Crippen LogP contribution in [0.25, 0.3) is 11.1 Å². The fraction of sp³-hybridized carbons (Fsp3) is 0.208. The fourth-order valence-corrected chi connectivity index (χ4v) is 3.29. The Balaban J connectivity index is 1.41. The van der Waals surface area contributed by atoms with Crippen molar-refractivity contribution in [2.75, 3.05) is 10.6 Å². The number of nitrogens with zero attached hydrogens (tertiary/aromatic N) is 2. The molecule has 0 radical (unpaired) electrons. The monoisotopic (exact) mass is 453 g/mol. The van der Waals surface area contributed by atoms with E-state index >= 15 is 0 Å². The summed E-state index contributed by atoms with van der Waals surface area (Å²) in [5, 5.41) is 5.37. The molecule has 3 aromatic rings. The van der Waals surface area contributed by atoms with Gasteiger partial charge >= 0.3 is 6.18 Å². The van der Waals surface area contributed by atoms with E-state index in [1.54, 1.807) is 18.3 Å². The molecule has 1 fully saturated rings. The van der Waals surface area contributed by atoms with Gasteiger partial charge < -0.3 is 16.4 Å². The smallest absolute Gasteiger partial charge is 0.369 e. The Morgan fingerprint density at radius 1 is 1.00 bits per heavy atom. The third-order valence-corrected chi connectivity index (χ3v) is 5.15. The van der Waals surface area contributed by atoms with E-state index in [1.807, 2.05) is 24.3 Å². The third-order valence-electron chi connectivity index (χ3n) is 5.15. The van der Waals surface area contributed by atoms with Crippen LogP contribution in [-0.4, -0.2) is 16.9 Å². The van der Waals surface area contributed by atoms with E-state index in [2.05, 4.69) is 20.6 Å². The number of alkyl halides is 3. The SMILES string of the molecule is NC(=Nc1ccc(-c2ccc(NC(=O)CC3CC3)cc2)cn1)Nc1ccccc1C(F)(F)F. The number of benzene rings is 2. The van der Waals surface area contributed by atoms with Gasteiger partial charge in [-0.15, -0.1) is 0 Å². The summed E-state index contributed by atoms with van der Waals surface area (Å²) >= 11 is 0. The number of hydrogen-bond acceptors (Lipinski definition) is 3. The van der Waals surface area contributed by atoms with Gasteiger partial charge in [0.25, 0.3) is 0 Å². The highest BCUT2D eigenvalue weighted by molar-refractivity contribution is 5.94. The number of para-hydroxylation sites is 1. The average Bonchev–Trinajstić information content (AvgIpc) is 3.58. The molecule has 0 aliphatic heterocycles. The number of hydrogen-bond donors (Lipinski definition) is 3. The number of nitrogens with two attached hydrogens (primary N) is 1. The van der Waals surface area contributed by atoms with Crippen LogP contribution in [-0.2, 0) is 11.0 Å². The number of halogens is 3. The average molecular weight is 453 g/mol. The summed E-state index contributed by atoms with van der Waals surface area (Å²) in [6.45, 7) is 0.